The van der Waals surface area contributed by atoms with Crippen LogP contribution in [-0.4, -0.2) is 20.1 Å². The van der Waals surface area contributed by atoms with Crippen molar-refractivity contribution in [3.63, 3.8) is 0 Å². The predicted molar refractivity (Wildman–Crippen MR) is 63.7 cm³/mol. The SMILES string of the molecule is CC(CCl)CS(=O)(=O)Nc1ccc(F)cc1. The smallest absolute Gasteiger partial charge is 0.233 e. The Balaban J connectivity index is 2.69. The van der Waals surface area contributed by atoms with E-state index in [-0.39, 0.29) is 17.6 Å². The highest BCUT2D eigenvalue weighted by molar-refractivity contribution is 7.92. The Kier molecular flexibility index (Phi) is 4.56. The fourth-order valence-electron chi connectivity index (χ4n) is 1.16. The molecule has 0 radical (unpaired) electrons. The monoisotopic (exact) mass is 265 g/mol. The molecule has 0 spiro atoms. The van der Waals surface area contributed by atoms with Crippen LogP contribution in [0.15, 0.2) is 24.3 Å². The second kappa shape index (κ2) is 5.50. The molecule has 1 N–H and O–H groups in total. The maximum atomic E-state index is 12.6. The Bertz CT molecular complexity index is 433. The zero-order chi connectivity index (χ0) is 12.2. The van der Waals surface area contributed by atoms with Gasteiger partial charge in [0.05, 0.1) is 5.75 Å². The lowest BCUT2D eigenvalue weighted by Gasteiger charge is -2.10. The predicted octanol–water partition coefficient (Wildman–Crippen LogP) is 2.44. The van der Waals surface area contributed by atoms with E-state index >= 15 is 0 Å². The molecule has 1 aromatic carbocycles. The molecule has 0 amide bonds. The lowest BCUT2D eigenvalue weighted by molar-refractivity contribution is 0.588. The molecule has 0 bridgehead atoms. The van der Waals surface area contributed by atoms with Crippen LogP contribution >= 0.6 is 11.6 Å². The van der Waals surface area contributed by atoms with E-state index in [9.17, 15) is 12.8 Å². The Hall–Kier alpha value is -0.810. The van der Waals surface area contributed by atoms with E-state index in [4.69, 9.17) is 11.6 Å². The van der Waals surface area contributed by atoms with E-state index in [1.807, 2.05) is 0 Å². The molecular weight excluding hydrogens is 253 g/mol. The maximum absolute atomic E-state index is 12.6. The summed E-state index contributed by atoms with van der Waals surface area (Å²) >= 11 is 5.54. The average Bonchev–Trinajstić information content (AvgIpc) is 2.20. The summed E-state index contributed by atoms with van der Waals surface area (Å²) in [6.45, 7) is 1.75. The van der Waals surface area contributed by atoms with Gasteiger partial charge in [0.25, 0.3) is 0 Å². The molecule has 0 heterocycles. The molecule has 1 atom stereocenters. The fourth-order valence-corrected chi connectivity index (χ4v) is 2.84. The van der Waals surface area contributed by atoms with E-state index in [2.05, 4.69) is 4.72 Å². The molecule has 1 unspecified atom stereocenters. The third-order valence-electron chi connectivity index (χ3n) is 1.88. The van der Waals surface area contributed by atoms with Gasteiger partial charge in [-0.15, -0.1) is 11.6 Å². The summed E-state index contributed by atoms with van der Waals surface area (Å²) in [4.78, 5) is 0. The molecule has 0 saturated carbocycles. The Morgan fingerprint density at radius 3 is 2.44 bits per heavy atom. The van der Waals surface area contributed by atoms with Crippen LogP contribution in [0.3, 0.4) is 0 Å². The maximum Gasteiger partial charge on any atom is 0.233 e. The molecule has 0 aliphatic rings. The van der Waals surface area contributed by atoms with Gasteiger partial charge in [-0.1, -0.05) is 6.92 Å². The van der Waals surface area contributed by atoms with Crippen LogP contribution in [0, 0.1) is 11.7 Å². The topological polar surface area (TPSA) is 46.2 Å². The van der Waals surface area contributed by atoms with Crippen molar-refractivity contribution in [2.75, 3.05) is 16.4 Å². The minimum absolute atomic E-state index is 0.0477. The highest BCUT2D eigenvalue weighted by atomic mass is 35.5. The third-order valence-corrected chi connectivity index (χ3v) is 3.97. The van der Waals surface area contributed by atoms with Crippen molar-refractivity contribution in [2.45, 2.75) is 6.92 Å². The zero-order valence-corrected chi connectivity index (χ0v) is 10.4. The quantitative estimate of drug-likeness (QED) is 0.832. The van der Waals surface area contributed by atoms with Crippen molar-refractivity contribution in [3.8, 4) is 0 Å². The number of hydrogen-bond acceptors (Lipinski definition) is 2. The summed E-state index contributed by atoms with van der Waals surface area (Å²) < 4.78 is 38.1. The number of halogens is 2. The van der Waals surface area contributed by atoms with Gasteiger partial charge in [0.2, 0.25) is 10.0 Å². The van der Waals surface area contributed by atoms with Crippen molar-refractivity contribution >= 4 is 27.3 Å². The second-order valence-corrected chi connectivity index (χ2v) is 5.73. The van der Waals surface area contributed by atoms with Crippen LogP contribution < -0.4 is 4.72 Å². The highest BCUT2D eigenvalue weighted by Crippen LogP contribution is 2.12. The molecule has 3 nitrogen and oxygen atoms in total. The van der Waals surface area contributed by atoms with Crippen molar-refractivity contribution in [2.24, 2.45) is 5.92 Å². The van der Waals surface area contributed by atoms with E-state index in [1.165, 1.54) is 24.3 Å². The van der Waals surface area contributed by atoms with Crippen LogP contribution in [0.4, 0.5) is 10.1 Å². The lowest BCUT2D eigenvalue weighted by atomic mass is 10.3. The van der Waals surface area contributed by atoms with Crippen LogP contribution in [0.25, 0.3) is 0 Å². The van der Waals surface area contributed by atoms with Crippen molar-refractivity contribution in [1.29, 1.82) is 0 Å². The van der Waals surface area contributed by atoms with Crippen LogP contribution in [0.1, 0.15) is 6.92 Å². The van der Waals surface area contributed by atoms with E-state index in [0.29, 0.717) is 5.69 Å². The second-order valence-electron chi connectivity index (χ2n) is 3.65. The van der Waals surface area contributed by atoms with Gasteiger partial charge < -0.3 is 0 Å². The molecular formula is C10H13ClFNO2S. The largest absolute Gasteiger partial charge is 0.284 e. The Morgan fingerprint density at radius 1 is 1.38 bits per heavy atom. The molecule has 90 valence electrons. The average molecular weight is 266 g/mol. The summed E-state index contributed by atoms with van der Waals surface area (Å²) in [5, 5.41) is 0. The molecule has 6 heteroatoms. The summed E-state index contributed by atoms with van der Waals surface area (Å²) in [6, 6.07) is 5.14. The van der Waals surface area contributed by atoms with Gasteiger partial charge in [-0.25, -0.2) is 12.8 Å². The van der Waals surface area contributed by atoms with E-state index in [1.54, 1.807) is 6.92 Å². The van der Waals surface area contributed by atoms with Crippen molar-refractivity contribution in [1.82, 2.24) is 0 Å². The molecule has 0 aliphatic heterocycles. The molecule has 0 aromatic heterocycles. The van der Waals surface area contributed by atoms with Gasteiger partial charge in [-0.3, -0.25) is 4.72 Å². The van der Waals surface area contributed by atoms with Gasteiger partial charge in [0.15, 0.2) is 0 Å². The minimum Gasteiger partial charge on any atom is -0.284 e. The molecule has 0 saturated heterocycles. The first-order valence-corrected chi connectivity index (χ1v) is 6.93. The van der Waals surface area contributed by atoms with Crippen molar-refractivity contribution in [3.05, 3.63) is 30.1 Å². The van der Waals surface area contributed by atoms with Gasteiger partial charge in [0, 0.05) is 11.6 Å². The number of anilines is 1. The summed E-state index contributed by atoms with van der Waals surface area (Å²) in [5.41, 5.74) is 0.350. The van der Waals surface area contributed by atoms with Crippen molar-refractivity contribution < 1.29 is 12.8 Å². The van der Waals surface area contributed by atoms with Gasteiger partial charge in [0.1, 0.15) is 5.82 Å². The van der Waals surface area contributed by atoms with Gasteiger partial charge in [-0.2, -0.15) is 0 Å². The van der Waals surface area contributed by atoms with E-state index < -0.39 is 15.8 Å². The molecule has 1 aromatic rings. The number of sulfonamides is 1. The molecule has 1 rings (SSSR count). The molecule has 0 aliphatic carbocycles. The summed E-state index contributed by atoms with van der Waals surface area (Å²) in [5.74, 6) is -0.297. The molecule has 0 fully saturated rings. The first kappa shape index (κ1) is 13.3. The summed E-state index contributed by atoms with van der Waals surface area (Å²) in [7, 11) is -3.42. The number of nitrogens with one attached hydrogen (secondary N) is 1. The number of rotatable bonds is 5. The standard InChI is InChI=1S/C10H13ClFNO2S/c1-8(6-11)7-16(14,15)13-10-4-2-9(12)3-5-10/h2-5,8,13H,6-7H2,1H3. The number of hydrogen-bond donors (Lipinski definition) is 1. The zero-order valence-electron chi connectivity index (χ0n) is 8.78. The Morgan fingerprint density at radius 2 is 1.94 bits per heavy atom. The fraction of sp³-hybridized carbons (Fsp3) is 0.400. The minimum atomic E-state index is -3.42. The van der Waals surface area contributed by atoms with Crippen LogP contribution in [0.5, 0.6) is 0 Å². The van der Waals surface area contributed by atoms with Crippen LogP contribution in [0.2, 0.25) is 0 Å². The van der Waals surface area contributed by atoms with Gasteiger partial charge in [-0.05, 0) is 30.2 Å². The third kappa shape index (κ3) is 4.37. The van der Waals surface area contributed by atoms with E-state index in [0.717, 1.165) is 0 Å². The Labute approximate surface area is 99.7 Å². The summed E-state index contributed by atoms with van der Waals surface area (Å²) in [6.07, 6.45) is 0. The van der Waals surface area contributed by atoms with Crippen LogP contribution in [-0.2, 0) is 10.0 Å². The highest BCUT2D eigenvalue weighted by Gasteiger charge is 2.14. The number of alkyl halides is 1. The number of benzene rings is 1. The normalized spacial score (nSPS) is 13.4. The first-order chi connectivity index (χ1) is 7.43. The molecule has 16 heavy (non-hydrogen) atoms. The first-order valence-electron chi connectivity index (χ1n) is 4.75. The lowest BCUT2D eigenvalue weighted by Crippen LogP contribution is -2.22. The van der Waals surface area contributed by atoms with Gasteiger partial charge >= 0.3 is 0 Å².